The van der Waals surface area contributed by atoms with Gasteiger partial charge in [-0.15, -0.1) is 0 Å². The van der Waals surface area contributed by atoms with Crippen LogP contribution in [0.5, 0.6) is 5.75 Å². The third-order valence-corrected chi connectivity index (χ3v) is 3.70. The van der Waals surface area contributed by atoms with Crippen LogP contribution in [0.3, 0.4) is 0 Å². The number of carbonyl (C=O) groups excluding carboxylic acids is 1. The van der Waals surface area contributed by atoms with E-state index in [1.807, 2.05) is 12.1 Å². The molecule has 1 heterocycles. The summed E-state index contributed by atoms with van der Waals surface area (Å²) in [6.45, 7) is 1.86. The molecule has 1 aliphatic rings. The van der Waals surface area contributed by atoms with Gasteiger partial charge in [0.15, 0.2) is 18.2 Å². The summed E-state index contributed by atoms with van der Waals surface area (Å²) in [5, 5.41) is 3.80. The Morgan fingerprint density at radius 2 is 2.22 bits per heavy atom. The van der Waals surface area contributed by atoms with Gasteiger partial charge < -0.3 is 9.15 Å². The molecule has 120 valence electrons. The molecule has 0 spiro atoms. The molecule has 2 aromatic rings. The van der Waals surface area contributed by atoms with Crippen LogP contribution in [0.25, 0.3) is 0 Å². The molecule has 1 N–H and O–H groups in total. The second-order valence-electron chi connectivity index (χ2n) is 5.57. The molecule has 1 amide bonds. The average molecular weight is 316 g/mol. The smallest absolute Gasteiger partial charge is 0.277 e. The van der Waals surface area contributed by atoms with E-state index >= 15 is 0 Å². The van der Waals surface area contributed by atoms with Crippen molar-refractivity contribution in [1.29, 1.82) is 0 Å². The Morgan fingerprint density at radius 3 is 2.96 bits per heavy atom. The number of ether oxygens (including phenoxy) is 1. The van der Waals surface area contributed by atoms with Crippen molar-refractivity contribution in [1.82, 2.24) is 5.43 Å². The lowest BCUT2D eigenvalue weighted by atomic mass is 10.3. The highest BCUT2D eigenvalue weighted by Gasteiger charge is 2.36. The minimum Gasteiger partial charge on any atom is -0.481 e. The van der Waals surface area contributed by atoms with Crippen molar-refractivity contribution in [3.8, 4) is 5.75 Å². The first-order valence-corrected chi connectivity index (χ1v) is 7.42. The van der Waals surface area contributed by atoms with Gasteiger partial charge >= 0.3 is 0 Å². The van der Waals surface area contributed by atoms with Gasteiger partial charge in [-0.2, -0.15) is 5.10 Å². The van der Waals surface area contributed by atoms with Crippen molar-refractivity contribution in [2.75, 3.05) is 6.61 Å². The minimum absolute atomic E-state index is 0.0286. The first-order chi connectivity index (χ1) is 11.1. The summed E-state index contributed by atoms with van der Waals surface area (Å²) in [5.74, 6) is 1.74. The van der Waals surface area contributed by atoms with Gasteiger partial charge in [0.25, 0.3) is 5.91 Å². The summed E-state index contributed by atoms with van der Waals surface area (Å²) >= 11 is 0. The lowest BCUT2D eigenvalue weighted by Crippen LogP contribution is -2.24. The van der Waals surface area contributed by atoms with E-state index in [2.05, 4.69) is 17.5 Å². The predicted molar refractivity (Wildman–Crippen MR) is 82.9 cm³/mol. The number of furan rings is 1. The van der Waals surface area contributed by atoms with Gasteiger partial charge in [0.05, 0.1) is 6.21 Å². The summed E-state index contributed by atoms with van der Waals surface area (Å²) in [6.07, 6.45) is 2.58. The predicted octanol–water partition coefficient (Wildman–Crippen LogP) is 3.07. The molecule has 23 heavy (non-hydrogen) atoms. The molecule has 1 aromatic heterocycles. The molecular weight excluding hydrogens is 299 g/mol. The highest BCUT2D eigenvalue weighted by atomic mass is 19.1. The first-order valence-electron chi connectivity index (χ1n) is 7.42. The number of para-hydroxylation sites is 1. The Bertz CT molecular complexity index is 726. The maximum Gasteiger partial charge on any atom is 0.277 e. The molecule has 0 radical (unpaired) electrons. The molecule has 5 nitrogen and oxygen atoms in total. The van der Waals surface area contributed by atoms with Gasteiger partial charge in [-0.3, -0.25) is 4.79 Å². The SMILES string of the molecule is C[C@@H]1C[C@@H]1c1ccc(/C=N\NC(=O)COc2ccccc2F)o1. The minimum atomic E-state index is -0.513. The van der Waals surface area contributed by atoms with Crippen LogP contribution >= 0.6 is 0 Å². The molecule has 0 saturated heterocycles. The monoisotopic (exact) mass is 316 g/mol. The maximum absolute atomic E-state index is 13.3. The Kier molecular flexibility index (Phi) is 4.41. The molecule has 1 saturated carbocycles. The lowest BCUT2D eigenvalue weighted by Gasteiger charge is -2.05. The Balaban J connectivity index is 1.45. The van der Waals surface area contributed by atoms with Crippen molar-refractivity contribution >= 4 is 12.1 Å². The zero-order chi connectivity index (χ0) is 16.2. The number of carbonyl (C=O) groups is 1. The van der Waals surface area contributed by atoms with Gasteiger partial charge in [0, 0.05) is 5.92 Å². The number of rotatable bonds is 6. The number of hydrogen-bond donors (Lipinski definition) is 1. The molecular formula is C17H17FN2O3. The quantitative estimate of drug-likeness (QED) is 0.658. The van der Waals surface area contributed by atoms with Crippen LogP contribution in [0.15, 0.2) is 45.9 Å². The van der Waals surface area contributed by atoms with Crippen molar-refractivity contribution in [3.05, 3.63) is 53.7 Å². The second-order valence-corrected chi connectivity index (χ2v) is 5.57. The molecule has 2 atom stereocenters. The number of benzene rings is 1. The van der Waals surface area contributed by atoms with E-state index < -0.39 is 11.7 Å². The molecule has 0 bridgehead atoms. The summed E-state index contributed by atoms with van der Waals surface area (Å²) in [6, 6.07) is 9.64. The molecule has 3 rings (SSSR count). The molecule has 0 unspecified atom stereocenters. The number of amides is 1. The Hall–Kier alpha value is -2.63. The van der Waals surface area contributed by atoms with Gasteiger partial charge in [0.2, 0.25) is 0 Å². The third kappa shape index (κ3) is 3.97. The summed E-state index contributed by atoms with van der Waals surface area (Å²) < 4.78 is 24.0. The van der Waals surface area contributed by atoms with Gasteiger partial charge in [-0.05, 0) is 36.6 Å². The zero-order valence-corrected chi connectivity index (χ0v) is 12.7. The fourth-order valence-corrected chi connectivity index (χ4v) is 2.26. The summed E-state index contributed by atoms with van der Waals surface area (Å²) in [5.41, 5.74) is 2.31. The van der Waals surface area contributed by atoms with E-state index in [1.165, 1.54) is 18.3 Å². The van der Waals surface area contributed by atoms with Gasteiger partial charge in [-0.25, -0.2) is 9.82 Å². The van der Waals surface area contributed by atoms with Crippen molar-refractivity contribution in [2.24, 2.45) is 11.0 Å². The van der Waals surface area contributed by atoms with E-state index in [9.17, 15) is 9.18 Å². The van der Waals surface area contributed by atoms with Gasteiger partial charge in [-0.1, -0.05) is 19.1 Å². The molecule has 6 heteroatoms. The van der Waals surface area contributed by atoms with E-state index in [-0.39, 0.29) is 12.4 Å². The average Bonchev–Trinajstić information content (AvgIpc) is 3.08. The van der Waals surface area contributed by atoms with Crippen LogP contribution < -0.4 is 10.2 Å². The summed E-state index contributed by atoms with van der Waals surface area (Å²) in [4.78, 5) is 11.6. The Morgan fingerprint density at radius 1 is 1.43 bits per heavy atom. The number of hydrogen-bond acceptors (Lipinski definition) is 4. The highest BCUT2D eigenvalue weighted by Crippen LogP contribution is 2.47. The largest absolute Gasteiger partial charge is 0.481 e. The standard InChI is InChI=1S/C17H17FN2O3/c1-11-8-13(11)15-7-6-12(23-15)9-19-20-17(21)10-22-16-5-3-2-4-14(16)18/h2-7,9,11,13H,8,10H2,1H3,(H,20,21)/b19-9-/t11-,13+/m1/s1. The second kappa shape index (κ2) is 6.64. The van der Waals surface area contributed by atoms with E-state index in [0.29, 0.717) is 17.6 Å². The first kappa shape index (κ1) is 15.3. The Labute approximate surface area is 133 Å². The zero-order valence-electron chi connectivity index (χ0n) is 12.7. The number of hydrazone groups is 1. The van der Waals surface area contributed by atoms with Crippen molar-refractivity contribution in [2.45, 2.75) is 19.3 Å². The van der Waals surface area contributed by atoms with Crippen molar-refractivity contribution < 1.29 is 18.3 Å². The van der Waals surface area contributed by atoms with E-state index in [1.54, 1.807) is 12.1 Å². The topological polar surface area (TPSA) is 63.8 Å². The molecule has 1 fully saturated rings. The normalized spacial score (nSPS) is 19.7. The molecule has 1 aliphatic carbocycles. The van der Waals surface area contributed by atoms with Crippen LogP contribution in [0, 0.1) is 11.7 Å². The number of nitrogens with one attached hydrogen (secondary N) is 1. The van der Waals surface area contributed by atoms with Crippen LogP contribution in [-0.4, -0.2) is 18.7 Å². The van der Waals surface area contributed by atoms with Crippen LogP contribution in [-0.2, 0) is 4.79 Å². The molecule has 1 aromatic carbocycles. The lowest BCUT2D eigenvalue weighted by molar-refractivity contribution is -0.123. The van der Waals surface area contributed by atoms with Crippen LogP contribution in [0.4, 0.5) is 4.39 Å². The van der Waals surface area contributed by atoms with Gasteiger partial charge in [0.1, 0.15) is 11.5 Å². The van der Waals surface area contributed by atoms with E-state index in [0.717, 1.165) is 12.2 Å². The third-order valence-electron chi connectivity index (χ3n) is 3.70. The number of halogens is 1. The van der Waals surface area contributed by atoms with Crippen LogP contribution in [0.1, 0.15) is 30.8 Å². The fourth-order valence-electron chi connectivity index (χ4n) is 2.26. The fraction of sp³-hybridized carbons (Fsp3) is 0.294. The van der Waals surface area contributed by atoms with Crippen LogP contribution in [0.2, 0.25) is 0 Å². The van der Waals surface area contributed by atoms with E-state index in [4.69, 9.17) is 9.15 Å². The van der Waals surface area contributed by atoms with Crippen molar-refractivity contribution in [3.63, 3.8) is 0 Å². The maximum atomic E-state index is 13.3. The molecule has 0 aliphatic heterocycles. The summed E-state index contributed by atoms with van der Waals surface area (Å²) in [7, 11) is 0. The highest BCUT2D eigenvalue weighted by molar-refractivity contribution is 5.81. The number of nitrogens with zero attached hydrogens (tertiary/aromatic N) is 1.